The fraction of sp³-hybridized carbons (Fsp3) is 0.562. The van der Waals surface area contributed by atoms with Crippen LogP contribution in [0, 0.1) is 0 Å². The summed E-state index contributed by atoms with van der Waals surface area (Å²) in [6, 6.07) is 0. The van der Waals surface area contributed by atoms with Crippen LogP contribution in [0.2, 0.25) is 0 Å². The summed E-state index contributed by atoms with van der Waals surface area (Å²) in [5.41, 5.74) is -0.0931. The van der Waals surface area contributed by atoms with Crippen LogP contribution in [-0.2, 0) is 28.6 Å². The second kappa shape index (κ2) is 12.6. The number of ether oxygens (including phenoxy) is 3. The summed E-state index contributed by atoms with van der Waals surface area (Å²) < 4.78 is 14.5. The first-order valence-electron chi connectivity index (χ1n) is 7.39. The lowest BCUT2D eigenvalue weighted by atomic mass is 10.2. The van der Waals surface area contributed by atoms with Crippen LogP contribution in [0.15, 0.2) is 24.5 Å². The molecule has 0 fully saturated rings. The molecule has 124 valence electrons. The number of unbranched alkanes of at least 4 members (excludes halogenated alkanes) is 2. The van der Waals surface area contributed by atoms with Gasteiger partial charge < -0.3 is 14.2 Å². The Hall–Kier alpha value is -2.11. The molecule has 0 amide bonds. The first kappa shape index (κ1) is 19.9. The lowest BCUT2D eigenvalue weighted by Crippen LogP contribution is -2.15. The molecule has 6 heteroatoms. The Morgan fingerprint density at radius 1 is 1.00 bits per heavy atom. The van der Waals surface area contributed by atoms with Gasteiger partial charge in [-0.25, -0.2) is 9.59 Å². The summed E-state index contributed by atoms with van der Waals surface area (Å²) in [6.45, 7) is 7.67. The maximum Gasteiger partial charge on any atom is 0.334 e. The zero-order valence-corrected chi connectivity index (χ0v) is 13.3. The molecule has 0 aliphatic heterocycles. The van der Waals surface area contributed by atoms with Gasteiger partial charge in [0.1, 0.15) is 0 Å². The molecular weight excluding hydrogens is 288 g/mol. The molecule has 22 heavy (non-hydrogen) atoms. The molecule has 0 heterocycles. The molecule has 0 aromatic rings. The van der Waals surface area contributed by atoms with Crippen molar-refractivity contribution in [3.8, 4) is 0 Å². The van der Waals surface area contributed by atoms with Gasteiger partial charge >= 0.3 is 17.9 Å². The van der Waals surface area contributed by atoms with Crippen molar-refractivity contribution in [2.45, 2.75) is 46.0 Å². The fourth-order valence-electron chi connectivity index (χ4n) is 1.38. The molecule has 0 saturated carbocycles. The summed E-state index contributed by atoms with van der Waals surface area (Å²) in [4.78, 5) is 35.0. The van der Waals surface area contributed by atoms with Crippen molar-refractivity contribution in [1.82, 2.24) is 0 Å². The Morgan fingerprint density at radius 3 is 2.14 bits per heavy atom. The third-order valence-electron chi connectivity index (χ3n) is 2.58. The molecule has 0 aromatic heterocycles. The van der Waals surface area contributed by atoms with Crippen LogP contribution in [0.4, 0.5) is 0 Å². The summed E-state index contributed by atoms with van der Waals surface area (Å²) in [5, 5.41) is 0. The Balaban J connectivity index is 4.74. The summed E-state index contributed by atoms with van der Waals surface area (Å²) in [5.74, 6) is -2.10. The first-order valence-corrected chi connectivity index (χ1v) is 7.39. The lowest BCUT2D eigenvalue weighted by molar-refractivity contribution is -0.144. The van der Waals surface area contributed by atoms with Gasteiger partial charge in [0.2, 0.25) is 0 Å². The van der Waals surface area contributed by atoms with Crippen LogP contribution < -0.4 is 0 Å². The number of hydrogen-bond acceptors (Lipinski definition) is 6. The predicted molar refractivity (Wildman–Crippen MR) is 80.7 cm³/mol. The van der Waals surface area contributed by atoms with E-state index in [1.165, 1.54) is 0 Å². The van der Waals surface area contributed by atoms with E-state index in [1.807, 2.05) is 13.8 Å². The van der Waals surface area contributed by atoms with Gasteiger partial charge in [-0.2, -0.15) is 0 Å². The number of carbonyl (C=O) groups excluding carboxylic acids is 3. The standard InChI is InChI=1S/C16H24O6/c1-4-7-9-21-15(18)12-13(11-14(17)20-6-3)16(19)22-10-8-5-2/h6,12H,3-5,7-11H2,1-2H3. The van der Waals surface area contributed by atoms with Crippen LogP contribution in [0.1, 0.15) is 46.0 Å². The lowest BCUT2D eigenvalue weighted by Gasteiger charge is -2.07. The minimum Gasteiger partial charge on any atom is -0.463 e. The van der Waals surface area contributed by atoms with E-state index in [4.69, 9.17) is 9.47 Å². The van der Waals surface area contributed by atoms with Gasteiger partial charge in [0, 0.05) is 6.08 Å². The quantitative estimate of drug-likeness (QED) is 0.192. The number of rotatable bonds is 11. The minimum atomic E-state index is -0.720. The van der Waals surface area contributed by atoms with Crippen molar-refractivity contribution in [3.05, 3.63) is 24.5 Å². The molecule has 0 aliphatic carbocycles. The van der Waals surface area contributed by atoms with E-state index in [9.17, 15) is 14.4 Å². The van der Waals surface area contributed by atoms with Crippen molar-refractivity contribution >= 4 is 17.9 Å². The van der Waals surface area contributed by atoms with E-state index < -0.39 is 17.9 Å². The highest BCUT2D eigenvalue weighted by molar-refractivity contribution is 5.99. The second-order valence-corrected chi connectivity index (χ2v) is 4.51. The Kier molecular flexibility index (Phi) is 11.4. The average Bonchev–Trinajstić information content (AvgIpc) is 2.47. The van der Waals surface area contributed by atoms with Crippen molar-refractivity contribution in [2.75, 3.05) is 13.2 Å². The monoisotopic (exact) mass is 312 g/mol. The highest BCUT2D eigenvalue weighted by Gasteiger charge is 2.18. The normalized spacial score (nSPS) is 10.7. The van der Waals surface area contributed by atoms with E-state index in [2.05, 4.69) is 11.3 Å². The van der Waals surface area contributed by atoms with Crippen LogP contribution in [0.3, 0.4) is 0 Å². The number of esters is 3. The summed E-state index contributed by atoms with van der Waals surface area (Å²) in [7, 11) is 0. The van der Waals surface area contributed by atoms with Crippen molar-refractivity contribution in [2.24, 2.45) is 0 Å². The van der Waals surface area contributed by atoms with Crippen molar-refractivity contribution in [1.29, 1.82) is 0 Å². The molecule has 0 unspecified atom stereocenters. The average molecular weight is 312 g/mol. The SMILES string of the molecule is C=COC(=O)CC(=CC(=O)OCCCC)C(=O)OCCCC. The molecule has 6 nitrogen and oxygen atoms in total. The van der Waals surface area contributed by atoms with E-state index in [0.717, 1.165) is 31.6 Å². The molecule has 0 saturated heterocycles. The highest BCUT2D eigenvalue weighted by atomic mass is 16.5. The Bertz CT molecular complexity index is 411. The number of carbonyl (C=O) groups is 3. The van der Waals surface area contributed by atoms with E-state index >= 15 is 0 Å². The van der Waals surface area contributed by atoms with Crippen LogP contribution >= 0.6 is 0 Å². The fourth-order valence-corrected chi connectivity index (χ4v) is 1.38. The van der Waals surface area contributed by atoms with E-state index in [0.29, 0.717) is 6.42 Å². The number of hydrogen-bond donors (Lipinski definition) is 0. The predicted octanol–water partition coefficient (Wildman–Crippen LogP) is 2.68. The van der Waals surface area contributed by atoms with E-state index in [1.54, 1.807) is 0 Å². The molecule has 0 N–H and O–H groups in total. The van der Waals surface area contributed by atoms with Gasteiger partial charge in [0.05, 0.1) is 31.5 Å². The third kappa shape index (κ3) is 9.74. The van der Waals surface area contributed by atoms with Gasteiger partial charge in [-0.15, -0.1) is 0 Å². The van der Waals surface area contributed by atoms with Gasteiger partial charge in [0.25, 0.3) is 0 Å². The van der Waals surface area contributed by atoms with Crippen molar-refractivity contribution in [3.63, 3.8) is 0 Å². The Morgan fingerprint density at radius 2 is 1.59 bits per heavy atom. The maximum atomic E-state index is 11.9. The zero-order valence-electron chi connectivity index (χ0n) is 13.3. The van der Waals surface area contributed by atoms with Gasteiger partial charge in [-0.1, -0.05) is 33.3 Å². The molecule has 0 spiro atoms. The third-order valence-corrected chi connectivity index (χ3v) is 2.58. The van der Waals surface area contributed by atoms with E-state index in [-0.39, 0.29) is 25.2 Å². The van der Waals surface area contributed by atoms with Gasteiger partial charge in [-0.3, -0.25) is 4.79 Å². The summed E-state index contributed by atoms with van der Waals surface area (Å²) in [6.07, 6.45) is 4.75. The van der Waals surface area contributed by atoms with Crippen LogP contribution in [0.5, 0.6) is 0 Å². The van der Waals surface area contributed by atoms with Crippen LogP contribution in [0.25, 0.3) is 0 Å². The molecule has 0 radical (unpaired) electrons. The Labute approximate surface area is 131 Å². The largest absolute Gasteiger partial charge is 0.463 e. The molecular formula is C16H24O6. The first-order chi connectivity index (χ1) is 10.5. The van der Waals surface area contributed by atoms with Gasteiger partial charge in [-0.05, 0) is 12.8 Å². The van der Waals surface area contributed by atoms with Gasteiger partial charge in [0.15, 0.2) is 0 Å². The smallest absolute Gasteiger partial charge is 0.334 e. The molecule has 0 aromatic carbocycles. The summed E-state index contributed by atoms with van der Waals surface area (Å²) >= 11 is 0. The maximum absolute atomic E-state index is 11.9. The molecule has 0 bridgehead atoms. The highest BCUT2D eigenvalue weighted by Crippen LogP contribution is 2.08. The minimum absolute atomic E-state index is 0.0931. The molecule has 0 aliphatic rings. The topological polar surface area (TPSA) is 78.9 Å². The van der Waals surface area contributed by atoms with Crippen molar-refractivity contribution < 1.29 is 28.6 Å². The second-order valence-electron chi connectivity index (χ2n) is 4.51. The molecule has 0 rings (SSSR count). The van der Waals surface area contributed by atoms with Crippen LogP contribution in [-0.4, -0.2) is 31.1 Å². The zero-order chi connectivity index (χ0) is 16.8. The molecule has 0 atom stereocenters.